The monoisotopic (exact) mass is 478 g/mol. The van der Waals surface area contributed by atoms with E-state index in [4.69, 9.17) is 11.6 Å². The number of carbonyl (C=O) groups is 3. The molecule has 0 atom stereocenters. The molecule has 0 saturated carbocycles. The highest BCUT2D eigenvalue weighted by Gasteiger charge is 2.21. The van der Waals surface area contributed by atoms with Crippen molar-refractivity contribution in [2.24, 2.45) is 0 Å². The summed E-state index contributed by atoms with van der Waals surface area (Å²) in [5.74, 6) is -0.294. The summed E-state index contributed by atoms with van der Waals surface area (Å²) in [7, 11) is 0. The van der Waals surface area contributed by atoms with Gasteiger partial charge in [-0.15, -0.1) is 0 Å². The zero-order valence-electron chi connectivity index (χ0n) is 19.3. The quantitative estimate of drug-likeness (QED) is 0.414. The molecule has 0 unspecified atom stereocenters. The fourth-order valence-corrected chi connectivity index (χ4v) is 3.46. The van der Waals surface area contributed by atoms with Crippen LogP contribution in [-0.4, -0.2) is 35.7 Å². The smallest absolute Gasteiger partial charge is 0.258 e. The molecular weight excluding hydrogens is 452 g/mol. The lowest BCUT2D eigenvalue weighted by atomic mass is 9.84. The van der Waals surface area contributed by atoms with Crippen molar-refractivity contribution < 1.29 is 14.4 Å². The highest BCUT2D eigenvalue weighted by molar-refractivity contribution is 6.30. The van der Waals surface area contributed by atoms with Crippen LogP contribution in [0.4, 0.5) is 11.5 Å². The van der Waals surface area contributed by atoms with Crippen molar-refractivity contribution in [3.63, 3.8) is 0 Å². The van der Waals surface area contributed by atoms with E-state index in [9.17, 15) is 14.4 Å². The number of halogens is 1. The molecule has 0 aliphatic rings. The fourth-order valence-electron chi connectivity index (χ4n) is 3.34. The van der Waals surface area contributed by atoms with Gasteiger partial charge in [-0.2, -0.15) is 0 Å². The molecule has 0 aliphatic carbocycles. The van der Waals surface area contributed by atoms with Crippen molar-refractivity contribution in [2.45, 2.75) is 26.2 Å². The molecular formula is C26H27ClN4O3. The first kappa shape index (κ1) is 25.1. The number of amides is 2. The second-order valence-electron chi connectivity index (χ2n) is 8.58. The number of pyridine rings is 1. The molecule has 176 valence electrons. The molecule has 34 heavy (non-hydrogen) atoms. The lowest BCUT2D eigenvalue weighted by Gasteiger charge is -2.25. The highest BCUT2D eigenvalue weighted by atomic mass is 35.5. The summed E-state index contributed by atoms with van der Waals surface area (Å²) < 4.78 is 0. The Bertz CT molecular complexity index is 1180. The molecule has 8 heteroatoms. The molecule has 3 rings (SSSR count). The van der Waals surface area contributed by atoms with Gasteiger partial charge in [0.1, 0.15) is 11.6 Å². The number of Topliss-reactive ketones (excluding diaryl/α,β-unsaturated/α-hetero) is 1. The van der Waals surface area contributed by atoms with Crippen molar-refractivity contribution >= 4 is 40.7 Å². The average molecular weight is 479 g/mol. The van der Waals surface area contributed by atoms with Crippen molar-refractivity contribution in [1.29, 1.82) is 0 Å². The molecule has 0 saturated heterocycles. The number of ketones is 1. The molecule has 2 amide bonds. The zero-order valence-corrected chi connectivity index (χ0v) is 20.1. The van der Waals surface area contributed by atoms with Gasteiger partial charge in [0.25, 0.3) is 11.8 Å². The molecule has 0 aliphatic heterocycles. The van der Waals surface area contributed by atoms with Crippen LogP contribution in [0.2, 0.25) is 5.02 Å². The third-order valence-corrected chi connectivity index (χ3v) is 5.48. The highest BCUT2D eigenvalue weighted by Crippen LogP contribution is 2.24. The van der Waals surface area contributed by atoms with E-state index in [2.05, 4.69) is 34.8 Å². The second kappa shape index (κ2) is 11.0. The van der Waals surface area contributed by atoms with Crippen LogP contribution in [0.3, 0.4) is 0 Å². The first-order valence-corrected chi connectivity index (χ1v) is 11.2. The summed E-state index contributed by atoms with van der Waals surface area (Å²) >= 11 is 5.84. The number of hydrogen-bond donors (Lipinski definition) is 3. The maximum atomic E-state index is 12.9. The van der Waals surface area contributed by atoms with Gasteiger partial charge in [0.05, 0.1) is 22.8 Å². The van der Waals surface area contributed by atoms with Crippen LogP contribution in [0.5, 0.6) is 0 Å². The van der Waals surface area contributed by atoms with Gasteiger partial charge < -0.3 is 16.0 Å². The fraction of sp³-hybridized carbons (Fsp3) is 0.231. The summed E-state index contributed by atoms with van der Waals surface area (Å²) in [6, 6.07) is 17.3. The van der Waals surface area contributed by atoms with Gasteiger partial charge in [-0.05, 0) is 48.9 Å². The second-order valence-corrected chi connectivity index (χ2v) is 9.02. The number of anilines is 2. The summed E-state index contributed by atoms with van der Waals surface area (Å²) in [5, 5.41) is 9.13. The number of nitrogens with zero attached hydrogens (tertiary/aromatic N) is 1. The standard InChI is InChI=1S/C26H27ClN4O3/c1-17(32)14-28-16-26(2,3)19-10-8-18(9-11-19)24(33)30-22-7-5-4-6-21(22)25(34)31-23-13-12-20(27)15-29-23/h4-13,15,28H,14,16H2,1-3H3,(H,30,33)(H,29,31,34). The third kappa shape index (κ3) is 6.73. The minimum absolute atomic E-state index is 0.0845. The van der Waals surface area contributed by atoms with E-state index in [0.29, 0.717) is 40.7 Å². The maximum Gasteiger partial charge on any atom is 0.258 e. The Hall–Kier alpha value is -3.55. The van der Waals surface area contributed by atoms with Crippen molar-refractivity contribution in [3.05, 3.63) is 88.6 Å². The van der Waals surface area contributed by atoms with Gasteiger partial charge in [-0.1, -0.05) is 49.7 Å². The molecule has 2 aromatic carbocycles. The Morgan fingerprint density at radius 2 is 1.62 bits per heavy atom. The normalized spacial score (nSPS) is 11.1. The maximum absolute atomic E-state index is 12.9. The predicted molar refractivity (Wildman–Crippen MR) is 135 cm³/mol. The van der Waals surface area contributed by atoms with Gasteiger partial charge in [0.15, 0.2) is 0 Å². The topological polar surface area (TPSA) is 100 Å². The molecule has 0 bridgehead atoms. The van der Waals surface area contributed by atoms with E-state index >= 15 is 0 Å². The number of para-hydroxylation sites is 1. The molecule has 3 aromatic rings. The molecule has 0 spiro atoms. The minimum Gasteiger partial charge on any atom is -0.321 e. The van der Waals surface area contributed by atoms with Gasteiger partial charge in [-0.3, -0.25) is 14.4 Å². The van der Waals surface area contributed by atoms with Crippen LogP contribution < -0.4 is 16.0 Å². The van der Waals surface area contributed by atoms with Crippen molar-refractivity contribution in [1.82, 2.24) is 10.3 Å². The van der Waals surface area contributed by atoms with Gasteiger partial charge >= 0.3 is 0 Å². The van der Waals surface area contributed by atoms with Crippen LogP contribution >= 0.6 is 11.6 Å². The van der Waals surface area contributed by atoms with Gasteiger partial charge in [-0.25, -0.2) is 4.98 Å². The average Bonchev–Trinajstić information content (AvgIpc) is 2.80. The number of rotatable bonds is 9. The number of aromatic nitrogens is 1. The van der Waals surface area contributed by atoms with Crippen LogP contribution in [0, 0.1) is 0 Å². The first-order valence-electron chi connectivity index (χ1n) is 10.8. The third-order valence-electron chi connectivity index (χ3n) is 5.26. The predicted octanol–water partition coefficient (Wildman–Crippen LogP) is 4.70. The van der Waals surface area contributed by atoms with E-state index < -0.39 is 5.91 Å². The number of hydrogen-bond acceptors (Lipinski definition) is 5. The van der Waals surface area contributed by atoms with E-state index in [1.54, 1.807) is 55.5 Å². The van der Waals surface area contributed by atoms with E-state index in [1.807, 2.05) is 12.1 Å². The largest absolute Gasteiger partial charge is 0.321 e. The SMILES string of the molecule is CC(=O)CNCC(C)(C)c1ccc(C(=O)Nc2ccccc2C(=O)Nc2ccc(Cl)cn2)cc1. The Morgan fingerprint density at radius 1 is 0.912 bits per heavy atom. The molecule has 1 heterocycles. The minimum atomic E-state index is -0.402. The van der Waals surface area contributed by atoms with Gasteiger partial charge in [0.2, 0.25) is 0 Å². The van der Waals surface area contributed by atoms with Crippen molar-refractivity contribution in [2.75, 3.05) is 23.7 Å². The summed E-state index contributed by atoms with van der Waals surface area (Å²) in [5.41, 5.74) is 1.98. The van der Waals surface area contributed by atoms with E-state index in [0.717, 1.165) is 5.56 Å². The van der Waals surface area contributed by atoms with Crippen molar-refractivity contribution in [3.8, 4) is 0 Å². The van der Waals surface area contributed by atoms with E-state index in [1.165, 1.54) is 6.20 Å². The molecule has 0 radical (unpaired) electrons. The summed E-state index contributed by atoms with van der Waals surface area (Å²) in [4.78, 5) is 40.9. The summed E-state index contributed by atoms with van der Waals surface area (Å²) in [6.45, 7) is 6.64. The van der Waals surface area contributed by atoms with Gasteiger partial charge in [0, 0.05) is 23.7 Å². The lowest BCUT2D eigenvalue weighted by molar-refractivity contribution is -0.116. The Balaban J connectivity index is 1.69. The molecule has 7 nitrogen and oxygen atoms in total. The van der Waals surface area contributed by atoms with E-state index in [-0.39, 0.29) is 17.1 Å². The summed E-state index contributed by atoms with van der Waals surface area (Å²) in [6.07, 6.45) is 1.44. The first-order chi connectivity index (χ1) is 16.2. The van der Waals surface area contributed by atoms with Crippen LogP contribution in [0.15, 0.2) is 66.9 Å². The Labute approximate surface area is 203 Å². The molecule has 0 fully saturated rings. The number of carbonyl (C=O) groups excluding carboxylic acids is 3. The molecule has 1 aromatic heterocycles. The number of benzene rings is 2. The molecule has 3 N–H and O–H groups in total. The Kier molecular flexibility index (Phi) is 8.15. The van der Waals surface area contributed by atoms with Crippen LogP contribution in [-0.2, 0) is 10.2 Å². The number of nitrogens with one attached hydrogen (secondary N) is 3. The lowest BCUT2D eigenvalue weighted by Crippen LogP contribution is -2.35. The Morgan fingerprint density at radius 3 is 2.26 bits per heavy atom. The zero-order chi connectivity index (χ0) is 24.7. The van der Waals surface area contributed by atoms with Crippen LogP contribution in [0.1, 0.15) is 47.1 Å². The van der Waals surface area contributed by atoms with Crippen LogP contribution in [0.25, 0.3) is 0 Å².